The molecule has 0 N–H and O–H groups in total. The number of allylic oxidation sites excluding steroid dienone is 4. The molecular weight excluding hydrogens is 675 g/mol. The lowest BCUT2D eigenvalue weighted by Crippen LogP contribution is -2.16. The third kappa shape index (κ3) is 5.24. The molecule has 0 aliphatic rings. The average molecular weight is 710 g/mol. The van der Waals surface area contributed by atoms with Gasteiger partial charge >= 0.3 is 0 Å². The standard InChI is InChI=1S/C51H35NOS/c1-3-36(29-27-33(2)44-31-34-15-4-5-16-37(34)39-18-6-7-19-40(39)44)52(46-23-14-25-48-51(46)43-21-9-12-24-47(43)53-48)45-22-11-8-17-38(45)35-28-30-42-41-20-10-13-26-49(41)54-50(42)32-35/h3-32H,1H2,2H3/b33-27+,36-29+. The number of anilines is 2. The van der Waals surface area contributed by atoms with Gasteiger partial charge in [0.2, 0.25) is 0 Å². The highest BCUT2D eigenvalue weighted by atomic mass is 32.1. The first-order chi connectivity index (χ1) is 26.7. The summed E-state index contributed by atoms with van der Waals surface area (Å²) in [4.78, 5) is 2.35. The van der Waals surface area contributed by atoms with Gasteiger partial charge in [-0.1, -0.05) is 134 Å². The van der Waals surface area contributed by atoms with E-state index in [0.717, 1.165) is 50.1 Å². The summed E-state index contributed by atoms with van der Waals surface area (Å²) in [6.07, 6.45) is 6.41. The maximum absolute atomic E-state index is 6.43. The third-order valence-electron chi connectivity index (χ3n) is 10.6. The number of hydrogen-bond donors (Lipinski definition) is 0. The first-order valence-electron chi connectivity index (χ1n) is 18.3. The topological polar surface area (TPSA) is 16.4 Å². The summed E-state index contributed by atoms with van der Waals surface area (Å²) in [5.74, 6) is 0. The Morgan fingerprint density at radius 1 is 0.556 bits per heavy atom. The number of thiophene rings is 1. The molecule has 0 amide bonds. The first-order valence-corrected chi connectivity index (χ1v) is 19.1. The summed E-state index contributed by atoms with van der Waals surface area (Å²) >= 11 is 1.85. The summed E-state index contributed by atoms with van der Waals surface area (Å²) < 4.78 is 9.01. The first kappa shape index (κ1) is 32.0. The summed E-state index contributed by atoms with van der Waals surface area (Å²) in [5, 5.41) is 9.74. The molecule has 54 heavy (non-hydrogen) atoms. The molecule has 0 bridgehead atoms. The van der Waals surface area contributed by atoms with Gasteiger partial charge < -0.3 is 9.32 Å². The van der Waals surface area contributed by atoms with Crippen LogP contribution in [0, 0.1) is 0 Å². The maximum Gasteiger partial charge on any atom is 0.137 e. The van der Waals surface area contributed by atoms with E-state index in [1.807, 2.05) is 29.5 Å². The molecule has 3 heteroatoms. The monoisotopic (exact) mass is 709 g/mol. The summed E-state index contributed by atoms with van der Waals surface area (Å²) in [7, 11) is 0. The van der Waals surface area contributed by atoms with Gasteiger partial charge in [0.05, 0.1) is 16.8 Å². The van der Waals surface area contributed by atoms with Crippen molar-refractivity contribution in [3.8, 4) is 11.1 Å². The second-order valence-electron chi connectivity index (χ2n) is 13.7. The molecule has 10 aromatic rings. The van der Waals surface area contributed by atoms with Gasteiger partial charge in [-0.2, -0.15) is 0 Å². The quantitative estimate of drug-likeness (QED) is 0.121. The lowest BCUT2D eigenvalue weighted by atomic mass is 9.93. The normalized spacial score (nSPS) is 12.5. The molecule has 0 saturated heterocycles. The molecule has 0 radical (unpaired) electrons. The van der Waals surface area contributed by atoms with E-state index in [1.165, 1.54) is 52.9 Å². The molecule has 0 unspecified atom stereocenters. The van der Waals surface area contributed by atoms with Gasteiger partial charge in [-0.05, 0) is 99.8 Å². The lowest BCUT2D eigenvalue weighted by Gasteiger charge is -2.29. The number of benzene rings is 8. The zero-order valence-electron chi connectivity index (χ0n) is 29.8. The van der Waals surface area contributed by atoms with Gasteiger partial charge in [0.25, 0.3) is 0 Å². The van der Waals surface area contributed by atoms with Crippen LogP contribution in [0.15, 0.2) is 199 Å². The van der Waals surface area contributed by atoms with Gasteiger partial charge in [0, 0.05) is 36.8 Å². The fraction of sp³-hybridized carbons (Fsp3) is 0.0196. The van der Waals surface area contributed by atoms with Crippen LogP contribution in [0.4, 0.5) is 11.4 Å². The smallest absolute Gasteiger partial charge is 0.137 e. The van der Waals surface area contributed by atoms with Gasteiger partial charge in [-0.3, -0.25) is 0 Å². The van der Waals surface area contributed by atoms with E-state index in [2.05, 4.69) is 182 Å². The van der Waals surface area contributed by atoms with Crippen LogP contribution in [-0.2, 0) is 0 Å². The minimum Gasteiger partial charge on any atom is -0.456 e. The number of fused-ring (bicyclic) bond motifs is 9. The number of furan rings is 1. The van der Waals surface area contributed by atoms with Crippen molar-refractivity contribution in [1.29, 1.82) is 0 Å². The predicted molar refractivity (Wildman–Crippen MR) is 234 cm³/mol. The molecule has 0 spiro atoms. The Morgan fingerprint density at radius 2 is 1.22 bits per heavy atom. The van der Waals surface area contributed by atoms with E-state index in [1.54, 1.807) is 0 Å². The van der Waals surface area contributed by atoms with E-state index in [4.69, 9.17) is 4.42 Å². The second-order valence-corrected chi connectivity index (χ2v) is 14.8. The Balaban J connectivity index is 1.19. The van der Waals surface area contributed by atoms with Gasteiger partial charge in [-0.15, -0.1) is 11.3 Å². The van der Waals surface area contributed by atoms with E-state index >= 15 is 0 Å². The van der Waals surface area contributed by atoms with Crippen molar-refractivity contribution >= 4 is 91.9 Å². The fourth-order valence-corrected chi connectivity index (χ4v) is 9.22. The van der Waals surface area contributed by atoms with Crippen molar-refractivity contribution in [3.63, 3.8) is 0 Å². The largest absolute Gasteiger partial charge is 0.456 e. The van der Waals surface area contributed by atoms with E-state index in [-0.39, 0.29) is 0 Å². The zero-order chi connectivity index (χ0) is 36.2. The van der Waals surface area contributed by atoms with Crippen LogP contribution in [-0.4, -0.2) is 0 Å². The third-order valence-corrected chi connectivity index (χ3v) is 11.8. The Bertz CT molecular complexity index is 3160. The van der Waals surface area contributed by atoms with Crippen LogP contribution in [0.25, 0.3) is 80.4 Å². The zero-order valence-corrected chi connectivity index (χ0v) is 30.6. The minimum absolute atomic E-state index is 0.848. The highest BCUT2D eigenvalue weighted by molar-refractivity contribution is 7.25. The SMILES string of the molecule is C=C/C(=C\C=C(/C)c1cc2ccccc2c2ccccc12)N(c1ccccc1-c1ccc2c(c1)sc1ccccc12)c1cccc2oc3ccccc3c12. The van der Waals surface area contributed by atoms with Crippen LogP contribution in [0.3, 0.4) is 0 Å². The summed E-state index contributed by atoms with van der Waals surface area (Å²) in [6, 6.07) is 58.6. The molecule has 10 rings (SSSR count). The molecule has 0 fully saturated rings. The van der Waals surface area contributed by atoms with Gasteiger partial charge in [-0.25, -0.2) is 0 Å². The minimum atomic E-state index is 0.848. The molecule has 2 heterocycles. The van der Waals surface area contributed by atoms with Crippen molar-refractivity contribution in [1.82, 2.24) is 0 Å². The Morgan fingerprint density at radius 3 is 2.09 bits per heavy atom. The molecule has 0 atom stereocenters. The van der Waals surface area contributed by atoms with Crippen LogP contribution in [0.5, 0.6) is 0 Å². The predicted octanol–water partition coefficient (Wildman–Crippen LogP) is 15.2. The van der Waals surface area contributed by atoms with Crippen molar-refractivity contribution in [2.75, 3.05) is 4.90 Å². The number of nitrogens with zero attached hydrogens (tertiary/aromatic N) is 1. The lowest BCUT2D eigenvalue weighted by molar-refractivity contribution is 0.669. The van der Waals surface area contributed by atoms with Crippen molar-refractivity contribution < 1.29 is 4.42 Å². The van der Waals surface area contributed by atoms with E-state index in [9.17, 15) is 0 Å². The van der Waals surface area contributed by atoms with E-state index in [0.29, 0.717) is 0 Å². The summed E-state index contributed by atoms with van der Waals surface area (Å²) in [5.41, 5.74) is 9.44. The fourth-order valence-electron chi connectivity index (χ4n) is 8.07. The number of hydrogen-bond acceptors (Lipinski definition) is 3. The van der Waals surface area contributed by atoms with Crippen LogP contribution >= 0.6 is 11.3 Å². The highest BCUT2D eigenvalue weighted by Crippen LogP contribution is 2.45. The Labute approximate surface area is 317 Å². The molecular formula is C51H35NOS. The van der Waals surface area contributed by atoms with Crippen molar-refractivity contribution in [3.05, 3.63) is 200 Å². The Kier molecular flexibility index (Phi) is 7.75. The average Bonchev–Trinajstić information content (AvgIpc) is 3.80. The second kappa shape index (κ2) is 13.1. The molecule has 8 aromatic carbocycles. The van der Waals surface area contributed by atoms with Crippen molar-refractivity contribution in [2.24, 2.45) is 0 Å². The van der Waals surface area contributed by atoms with Crippen LogP contribution < -0.4 is 4.90 Å². The molecule has 0 saturated carbocycles. The molecule has 256 valence electrons. The van der Waals surface area contributed by atoms with Crippen molar-refractivity contribution in [2.45, 2.75) is 6.92 Å². The maximum atomic E-state index is 6.43. The number of para-hydroxylation sites is 2. The number of rotatable bonds is 7. The van der Waals surface area contributed by atoms with Gasteiger partial charge in [0.1, 0.15) is 11.2 Å². The van der Waals surface area contributed by atoms with Gasteiger partial charge in [0.15, 0.2) is 0 Å². The Hall–Kier alpha value is -6.68. The molecule has 2 aromatic heterocycles. The summed E-state index contributed by atoms with van der Waals surface area (Å²) in [6.45, 7) is 6.62. The van der Waals surface area contributed by atoms with E-state index < -0.39 is 0 Å². The van der Waals surface area contributed by atoms with Crippen LogP contribution in [0.2, 0.25) is 0 Å². The highest BCUT2D eigenvalue weighted by Gasteiger charge is 2.22. The molecule has 2 nitrogen and oxygen atoms in total. The van der Waals surface area contributed by atoms with Crippen LogP contribution in [0.1, 0.15) is 12.5 Å². The molecule has 0 aliphatic heterocycles. The molecule has 0 aliphatic carbocycles.